The van der Waals surface area contributed by atoms with Gasteiger partial charge in [-0.1, -0.05) is 25.4 Å². The SMILES string of the molecule is CCCCN(CCCN=[N+]=[N-])C(C)CC. The van der Waals surface area contributed by atoms with E-state index < -0.39 is 0 Å². The second-order valence-corrected chi connectivity index (χ2v) is 3.95. The smallest absolute Gasteiger partial charge is 0.0270 e. The highest BCUT2D eigenvalue weighted by molar-refractivity contribution is 4.66. The third-order valence-electron chi connectivity index (χ3n) is 2.78. The standard InChI is InChI=1S/C11H24N4/c1-4-6-9-15(11(3)5-2)10-7-8-13-14-12/h11H,4-10H2,1-3H3. The van der Waals surface area contributed by atoms with Gasteiger partial charge in [-0.25, -0.2) is 0 Å². The molecule has 0 amide bonds. The molecule has 0 aromatic rings. The number of unbranched alkanes of at least 4 members (excludes halogenated alkanes) is 1. The highest BCUT2D eigenvalue weighted by Gasteiger charge is 2.10. The molecule has 0 aliphatic carbocycles. The summed E-state index contributed by atoms with van der Waals surface area (Å²) >= 11 is 0. The number of azide groups is 1. The van der Waals surface area contributed by atoms with Gasteiger partial charge in [-0.2, -0.15) is 0 Å². The van der Waals surface area contributed by atoms with Gasteiger partial charge in [0.25, 0.3) is 0 Å². The zero-order chi connectivity index (χ0) is 11.5. The average Bonchev–Trinajstić information content (AvgIpc) is 2.27. The lowest BCUT2D eigenvalue weighted by Crippen LogP contribution is -2.34. The fourth-order valence-electron chi connectivity index (χ4n) is 1.56. The molecular weight excluding hydrogens is 188 g/mol. The molecule has 88 valence electrons. The Kier molecular flexibility index (Phi) is 9.33. The van der Waals surface area contributed by atoms with Gasteiger partial charge in [-0.3, -0.25) is 0 Å². The van der Waals surface area contributed by atoms with Crippen LogP contribution in [-0.4, -0.2) is 30.6 Å². The molecule has 0 fully saturated rings. The molecule has 0 saturated carbocycles. The summed E-state index contributed by atoms with van der Waals surface area (Å²) < 4.78 is 0. The predicted octanol–water partition coefficient (Wildman–Crippen LogP) is 3.59. The van der Waals surface area contributed by atoms with E-state index in [-0.39, 0.29) is 0 Å². The molecule has 0 N–H and O–H groups in total. The first-order valence-electron chi connectivity index (χ1n) is 6.01. The molecular formula is C11H24N4. The van der Waals surface area contributed by atoms with Crippen molar-refractivity contribution in [3.63, 3.8) is 0 Å². The lowest BCUT2D eigenvalue weighted by Gasteiger charge is -2.28. The van der Waals surface area contributed by atoms with Gasteiger partial charge in [0.05, 0.1) is 0 Å². The summed E-state index contributed by atoms with van der Waals surface area (Å²) in [6, 6.07) is 0.641. The van der Waals surface area contributed by atoms with Crippen molar-refractivity contribution in [1.29, 1.82) is 0 Å². The first-order chi connectivity index (χ1) is 7.26. The quantitative estimate of drug-likeness (QED) is 0.249. The van der Waals surface area contributed by atoms with Crippen LogP contribution in [0.15, 0.2) is 5.11 Å². The molecule has 0 saturated heterocycles. The molecule has 4 heteroatoms. The molecule has 15 heavy (non-hydrogen) atoms. The van der Waals surface area contributed by atoms with Crippen molar-refractivity contribution in [3.8, 4) is 0 Å². The Hall–Kier alpha value is -0.730. The Balaban J connectivity index is 3.83. The Labute approximate surface area is 93.3 Å². The first kappa shape index (κ1) is 14.3. The van der Waals surface area contributed by atoms with Crippen molar-refractivity contribution in [2.75, 3.05) is 19.6 Å². The van der Waals surface area contributed by atoms with Crippen LogP contribution in [0.5, 0.6) is 0 Å². The van der Waals surface area contributed by atoms with Gasteiger partial charge >= 0.3 is 0 Å². The van der Waals surface area contributed by atoms with E-state index in [1.54, 1.807) is 0 Å². The minimum atomic E-state index is 0.621. The summed E-state index contributed by atoms with van der Waals surface area (Å²) in [4.78, 5) is 5.26. The van der Waals surface area contributed by atoms with Gasteiger partial charge in [-0.15, -0.1) is 0 Å². The summed E-state index contributed by atoms with van der Waals surface area (Å²) in [5.41, 5.74) is 8.17. The summed E-state index contributed by atoms with van der Waals surface area (Å²) in [7, 11) is 0. The van der Waals surface area contributed by atoms with E-state index in [1.807, 2.05) is 0 Å². The number of hydrogen-bond donors (Lipinski definition) is 0. The van der Waals surface area contributed by atoms with Crippen molar-refractivity contribution in [2.45, 2.75) is 52.5 Å². The zero-order valence-electron chi connectivity index (χ0n) is 10.3. The highest BCUT2D eigenvalue weighted by atomic mass is 15.2. The normalized spacial score (nSPS) is 12.5. The fourth-order valence-corrected chi connectivity index (χ4v) is 1.56. The van der Waals surface area contributed by atoms with Crippen LogP contribution < -0.4 is 0 Å². The molecule has 0 bridgehead atoms. The van der Waals surface area contributed by atoms with Crippen LogP contribution in [0.1, 0.15) is 46.5 Å². The maximum absolute atomic E-state index is 8.17. The van der Waals surface area contributed by atoms with Gasteiger partial charge in [0, 0.05) is 17.5 Å². The van der Waals surface area contributed by atoms with E-state index in [2.05, 4.69) is 35.7 Å². The number of rotatable bonds is 9. The van der Waals surface area contributed by atoms with Crippen molar-refractivity contribution < 1.29 is 0 Å². The molecule has 1 unspecified atom stereocenters. The lowest BCUT2D eigenvalue weighted by atomic mass is 10.2. The molecule has 0 heterocycles. The maximum Gasteiger partial charge on any atom is 0.0270 e. The summed E-state index contributed by atoms with van der Waals surface area (Å²) in [5, 5.41) is 3.56. The van der Waals surface area contributed by atoms with Crippen molar-refractivity contribution in [2.24, 2.45) is 5.11 Å². The van der Waals surface area contributed by atoms with Crippen LogP contribution in [0.2, 0.25) is 0 Å². The largest absolute Gasteiger partial charge is 0.301 e. The topological polar surface area (TPSA) is 52.0 Å². The Morgan fingerprint density at radius 2 is 1.93 bits per heavy atom. The van der Waals surface area contributed by atoms with Crippen LogP contribution >= 0.6 is 0 Å². The minimum absolute atomic E-state index is 0.621. The van der Waals surface area contributed by atoms with Crippen molar-refractivity contribution in [1.82, 2.24) is 4.90 Å². The van der Waals surface area contributed by atoms with E-state index in [0.717, 1.165) is 13.0 Å². The molecule has 4 nitrogen and oxygen atoms in total. The summed E-state index contributed by atoms with van der Waals surface area (Å²) in [6.07, 6.45) is 4.65. The molecule has 0 aliphatic rings. The zero-order valence-corrected chi connectivity index (χ0v) is 10.3. The van der Waals surface area contributed by atoms with E-state index >= 15 is 0 Å². The van der Waals surface area contributed by atoms with Gasteiger partial charge < -0.3 is 4.90 Å². The number of hydrogen-bond acceptors (Lipinski definition) is 2. The summed E-state index contributed by atoms with van der Waals surface area (Å²) in [6.45, 7) is 9.54. The second-order valence-electron chi connectivity index (χ2n) is 3.95. The molecule has 0 radical (unpaired) electrons. The molecule has 1 atom stereocenters. The Morgan fingerprint density at radius 3 is 2.47 bits per heavy atom. The second kappa shape index (κ2) is 9.81. The van der Waals surface area contributed by atoms with Gasteiger partial charge in [0.15, 0.2) is 0 Å². The van der Waals surface area contributed by atoms with Gasteiger partial charge in [-0.05, 0) is 44.8 Å². The molecule has 0 rings (SSSR count). The van der Waals surface area contributed by atoms with Crippen LogP contribution in [0, 0.1) is 0 Å². The fraction of sp³-hybridized carbons (Fsp3) is 1.00. The average molecular weight is 212 g/mol. The molecule has 0 aromatic heterocycles. The van der Waals surface area contributed by atoms with Gasteiger partial charge in [0.1, 0.15) is 0 Å². The third kappa shape index (κ3) is 7.23. The van der Waals surface area contributed by atoms with Crippen molar-refractivity contribution in [3.05, 3.63) is 10.4 Å². The van der Waals surface area contributed by atoms with E-state index in [0.29, 0.717) is 12.6 Å². The Bertz CT molecular complexity index is 187. The maximum atomic E-state index is 8.17. The van der Waals surface area contributed by atoms with Gasteiger partial charge in [0.2, 0.25) is 0 Å². The van der Waals surface area contributed by atoms with E-state index in [9.17, 15) is 0 Å². The van der Waals surface area contributed by atoms with Crippen LogP contribution in [0.25, 0.3) is 10.4 Å². The van der Waals surface area contributed by atoms with Crippen LogP contribution in [0.4, 0.5) is 0 Å². The molecule has 0 spiro atoms. The van der Waals surface area contributed by atoms with Crippen molar-refractivity contribution >= 4 is 0 Å². The number of nitrogens with zero attached hydrogens (tertiary/aromatic N) is 4. The predicted molar refractivity (Wildman–Crippen MR) is 64.9 cm³/mol. The Morgan fingerprint density at radius 1 is 1.27 bits per heavy atom. The van der Waals surface area contributed by atoms with Crippen LogP contribution in [-0.2, 0) is 0 Å². The van der Waals surface area contributed by atoms with E-state index in [1.165, 1.54) is 25.8 Å². The first-order valence-corrected chi connectivity index (χ1v) is 6.01. The molecule has 0 aromatic carbocycles. The molecule has 0 aliphatic heterocycles. The third-order valence-corrected chi connectivity index (χ3v) is 2.78. The monoisotopic (exact) mass is 212 g/mol. The highest BCUT2D eigenvalue weighted by Crippen LogP contribution is 2.06. The minimum Gasteiger partial charge on any atom is -0.301 e. The summed E-state index contributed by atoms with van der Waals surface area (Å²) in [5.74, 6) is 0. The lowest BCUT2D eigenvalue weighted by molar-refractivity contribution is 0.200. The van der Waals surface area contributed by atoms with E-state index in [4.69, 9.17) is 5.53 Å². The van der Waals surface area contributed by atoms with Crippen LogP contribution in [0.3, 0.4) is 0 Å².